The van der Waals surface area contributed by atoms with Crippen LogP contribution in [0.3, 0.4) is 0 Å². The molecule has 1 heterocycles. The van der Waals surface area contributed by atoms with Crippen LogP contribution in [0, 0.1) is 0 Å². The van der Waals surface area contributed by atoms with Crippen LogP contribution in [0.25, 0.3) is 0 Å². The van der Waals surface area contributed by atoms with Gasteiger partial charge in [-0.3, -0.25) is 0 Å². The van der Waals surface area contributed by atoms with Gasteiger partial charge in [0.25, 0.3) is 0 Å². The lowest BCUT2D eigenvalue weighted by atomic mass is 10.1. The normalized spacial score (nSPS) is 17.2. The molecule has 1 aromatic heterocycles. The summed E-state index contributed by atoms with van der Waals surface area (Å²) in [4.78, 5) is 16.3. The Morgan fingerprint density at radius 1 is 1.43 bits per heavy atom. The molecule has 0 amide bonds. The molecule has 1 aliphatic rings. The van der Waals surface area contributed by atoms with Crippen molar-refractivity contribution >= 4 is 5.97 Å². The molecule has 0 bridgehead atoms. The van der Waals surface area contributed by atoms with Gasteiger partial charge in [0.2, 0.25) is 0 Å². The standard InChI is InChI=1S/C16H18N2O3/c1-12(13-5-3-2-4-6-13)18-11-17-9-14(18)15(20)21-16(10-19)7-8-16/h2-6,9,11-12,19H,7-8,10H2,1H3. The highest BCUT2D eigenvalue weighted by atomic mass is 16.6. The van der Waals surface area contributed by atoms with Crippen LogP contribution in [-0.4, -0.2) is 32.8 Å². The minimum atomic E-state index is -0.665. The van der Waals surface area contributed by atoms with E-state index in [2.05, 4.69) is 4.98 Å². The fourth-order valence-corrected chi connectivity index (χ4v) is 2.34. The molecule has 1 N–H and O–H groups in total. The first-order chi connectivity index (χ1) is 10.2. The van der Waals surface area contributed by atoms with Gasteiger partial charge in [-0.2, -0.15) is 0 Å². The largest absolute Gasteiger partial charge is 0.452 e. The Labute approximate surface area is 123 Å². The molecular weight excluding hydrogens is 268 g/mol. The van der Waals surface area contributed by atoms with Gasteiger partial charge in [0, 0.05) is 0 Å². The van der Waals surface area contributed by atoms with Gasteiger partial charge in [0.15, 0.2) is 0 Å². The van der Waals surface area contributed by atoms with Crippen LogP contribution in [0.2, 0.25) is 0 Å². The number of aromatic nitrogens is 2. The van der Waals surface area contributed by atoms with E-state index in [9.17, 15) is 9.90 Å². The van der Waals surface area contributed by atoms with Crippen LogP contribution in [0.1, 0.15) is 41.9 Å². The van der Waals surface area contributed by atoms with E-state index in [1.54, 1.807) is 10.9 Å². The Kier molecular flexibility index (Phi) is 3.51. The van der Waals surface area contributed by atoms with Crippen LogP contribution >= 0.6 is 0 Å². The Morgan fingerprint density at radius 3 is 2.76 bits per heavy atom. The van der Waals surface area contributed by atoms with Crippen molar-refractivity contribution in [2.75, 3.05) is 6.61 Å². The molecule has 3 rings (SSSR count). The first kappa shape index (κ1) is 13.8. The third-order valence-corrected chi connectivity index (χ3v) is 3.98. The molecule has 1 atom stereocenters. The lowest BCUT2D eigenvalue weighted by molar-refractivity contribution is 0.00240. The molecule has 1 unspecified atom stereocenters. The van der Waals surface area contributed by atoms with E-state index in [0.717, 1.165) is 18.4 Å². The summed E-state index contributed by atoms with van der Waals surface area (Å²) in [5.74, 6) is -0.429. The lowest BCUT2D eigenvalue weighted by Gasteiger charge is -2.18. The molecule has 1 aliphatic carbocycles. The SMILES string of the molecule is CC(c1ccccc1)n1cncc1C(=O)OC1(CO)CC1. The van der Waals surface area contributed by atoms with Crippen LogP contribution in [-0.2, 0) is 4.74 Å². The quantitative estimate of drug-likeness (QED) is 0.856. The van der Waals surface area contributed by atoms with Gasteiger partial charge < -0.3 is 14.4 Å². The van der Waals surface area contributed by atoms with E-state index in [1.165, 1.54) is 6.20 Å². The second-order valence-corrected chi connectivity index (χ2v) is 5.50. The first-order valence-electron chi connectivity index (χ1n) is 7.06. The van der Waals surface area contributed by atoms with Crippen LogP contribution in [0.5, 0.6) is 0 Å². The summed E-state index contributed by atoms with van der Waals surface area (Å²) in [6, 6.07) is 9.89. The average Bonchev–Trinajstić information content (AvgIpc) is 3.12. The van der Waals surface area contributed by atoms with E-state index in [0.29, 0.717) is 5.69 Å². The van der Waals surface area contributed by atoms with Crippen molar-refractivity contribution in [2.24, 2.45) is 0 Å². The summed E-state index contributed by atoms with van der Waals surface area (Å²) >= 11 is 0. The molecular formula is C16H18N2O3. The zero-order valence-electron chi connectivity index (χ0n) is 11.9. The smallest absolute Gasteiger partial charge is 0.357 e. The summed E-state index contributed by atoms with van der Waals surface area (Å²) in [5, 5.41) is 9.26. The maximum atomic E-state index is 12.3. The van der Waals surface area contributed by atoms with Gasteiger partial charge in [-0.05, 0) is 25.3 Å². The molecule has 110 valence electrons. The monoisotopic (exact) mass is 286 g/mol. The third-order valence-electron chi connectivity index (χ3n) is 3.98. The predicted octanol–water partition coefficient (Wildman–Crippen LogP) is 2.17. The molecule has 1 saturated carbocycles. The second-order valence-electron chi connectivity index (χ2n) is 5.50. The summed E-state index contributed by atoms with van der Waals surface area (Å²) in [6.45, 7) is 1.88. The van der Waals surface area contributed by atoms with Crippen molar-refractivity contribution in [3.8, 4) is 0 Å². The van der Waals surface area contributed by atoms with E-state index in [1.807, 2.05) is 37.3 Å². The molecule has 5 nitrogen and oxygen atoms in total. The fourth-order valence-electron chi connectivity index (χ4n) is 2.34. The minimum Gasteiger partial charge on any atom is -0.452 e. The van der Waals surface area contributed by atoms with Gasteiger partial charge >= 0.3 is 5.97 Å². The zero-order chi connectivity index (χ0) is 14.9. The number of carbonyl (C=O) groups excluding carboxylic acids is 1. The summed E-state index contributed by atoms with van der Waals surface area (Å²) < 4.78 is 7.22. The summed E-state index contributed by atoms with van der Waals surface area (Å²) in [6.07, 6.45) is 4.58. The molecule has 0 aliphatic heterocycles. The number of benzene rings is 1. The summed E-state index contributed by atoms with van der Waals surface area (Å²) in [5.41, 5.74) is 0.834. The third kappa shape index (κ3) is 2.69. The van der Waals surface area contributed by atoms with E-state index in [-0.39, 0.29) is 12.6 Å². The van der Waals surface area contributed by atoms with Crippen LogP contribution in [0.4, 0.5) is 0 Å². The minimum absolute atomic E-state index is 0.0134. The molecule has 5 heteroatoms. The molecule has 0 saturated heterocycles. The number of aliphatic hydroxyl groups excluding tert-OH is 1. The average molecular weight is 286 g/mol. The van der Waals surface area contributed by atoms with E-state index in [4.69, 9.17) is 4.74 Å². The van der Waals surface area contributed by atoms with Crippen molar-refractivity contribution in [3.63, 3.8) is 0 Å². The Hall–Kier alpha value is -2.14. The van der Waals surface area contributed by atoms with Gasteiger partial charge in [-0.15, -0.1) is 0 Å². The number of rotatable bonds is 5. The highest BCUT2D eigenvalue weighted by Crippen LogP contribution is 2.39. The molecule has 1 aromatic carbocycles. The first-order valence-corrected chi connectivity index (χ1v) is 7.06. The topological polar surface area (TPSA) is 64.4 Å². The number of esters is 1. The Balaban J connectivity index is 1.82. The van der Waals surface area contributed by atoms with Gasteiger partial charge in [-0.25, -0.2) is 9.78 Å². The number of ether oxygens (including phenoxy) is 1. The molecule has 2 aromatic rings. The molecule has 21 heavy (non-hydrogen) atoms. The maximum Gasteiger partial charge on any atom is 0.357 e. The molecule has 0 radical (unpaired) electrons. The zero-order valence-corrected chi connectivity index (χ0v) is 11.9. The van der Waals surface area contributed by atoms with Crippen LogP contribution in [0.15, 0.2) is 42.9 Å². The number of carbonyl (C=O) groups is 1. The maximum absolute atomic E-state index is 12.3. The predicted molar refractivity (Wildman–Crippen MR) is 76.9 cm³/mol. The number of imidazole rings is 1. The van der Waals surface area contributed by atoms with Gasteiger partial charge in [0.05, 0.1) is 25.2 Å². The molecule has 1 fully saturated rings. The van der Waals surface area contributed by atoms with Crippen molar-refractivity contribution in [1.29, 1.82) is 0 Å². The van der Waals surface area contributed by atoms with E-state index < -0.39 is 11.6 Å². The van der Waals surface area contributed by atoms with Crippen molar-refractivity contribution in [3.05, 3.63) is 54.1 Å². The number of aliphatic hydroxyl groups is 1. The van der Waals surface area contributed by atoms with E-state index >= 15 is 0 Å². The Bertz CT molecular complexity index is 632. The van der Waals surface area contributed by atoms with Crippen molar-refractivity contribution in [2.45, 2.75) is 31.4 Å². The van der Waals surface area contributed by atoms with Gasteiger partial charge in [-0.1, -0.05) is 30.3 Å². The fraction of sp³-hybridized carbons (Fsp3) is 0.375. The molecule has 0 spiro atoms. The number of hydrogen-bond donors (Lipinski definition) is 1. The van der Waals surface area contributed by atoms with Crippen molar-refractivity contribution in [1.82, 2.24) is 9.55 Å². The Morgan fingerprint density at radius 2 is 2.14 bits per heavy atom. The van der Waals surface area contributed by atoms with Crippen molar-refractivity contribution < 1.29 is 14.6 Å². The number of hydrogen-bond acceptors (Lipinski definition) is 4. The summed E-state index contributed by atoms with van der Waals surface area (Å²) in [7, 11) is 0. The highest BCUT2D eigenvalue weighted by Gasteiger charge is 2.47. The number of nitrogens with zero attached hydrogens (tertiary/aromatic N) is 2. The highest BCUT2D eigenvalue weighted by molar-refractivity contribution is 5.88. The van der Waals surface area contributed by atoms with Crippen LogP contribution < -0.4 is 0 Å². The second kappa shape index (κ2) is 5.33. The lowest BCUT2D eigenvalue weighted by Crippen LogP contribution is -2.25. The van der Waals surface area contributed by atoms with Gasteiger partial charge in [0.1, 0.15) is 11.3 Å².